The van der Waals surface area contributed by atoms with Crippen molar-refractivity contribution in [1.82, 2.24) is 9.88 Å². The van der Waals surface area contributed by atoms with E-state index in [9.17, 15) is 0 Å². The van der Waals surface area contributed by atoms with Gasteiger partial charge in [0.05, 0.1) is 0 Å². The molecule has 0 amide bonds. The van der Waals surface area contributed by atoms with Gasteiger partial charge < -0.3 is 10.6 Å². The minimum absolute atomic E-state index is 0. The van der Waals surface area contributed by atoms with Crippen molar-refractivity contribution >= 4 is 34.6 Å². The molecule has 1 aromatic carbocycles. The van der Waals surface area contributed by atoms with Crippen molar-refractivity contribution in [3.63, 3.8) is 0 Å². The van der Waals surface area contributed by atoms with Crippen molar-refractivity contribution < 1.29 is 0 Å². The minimum atomic E-state index is 0. The fourth-order valence-corrected chi connectivity index (χ4v) is 3.57. The summed E-state index contributed by atoms with van der Waals surface area (Å²) in [7, 11) is 0. The second kappa shape index (κ2) is 7.31. The predicted octanol–water partition coefficient (Wildman–Crippen LogP) is 3.09. The van der Waals surface area contributed by atoms with Crippen LogP contribution in [0.2, 0.25) is 0 Å². The maximum atomic E-state index is 5.69. The molecule has 1 aromatic heterocycles. The van der Waals surface area contributed by atoms with Crippen molar-refractivity contribution in [2.24, 2.45) is 0 Å². The first-order chi connectivity index (χ1) is 10.1. The highest BCUT2D eigenvalue weighted by Gasteiger charge is 2.19. The maximum absolute atomic E-state index is 5.69. The highest BCUT2D eigenvalue weighted by atomic mass is 35.5. The van der Waals surface area contributed by atoms with Gasteiger partial charge in [-0.25, -0.2) is 4.98 Å². The Morgan fingerprint density at radius 2 is 1.91 bits per heavy atom. The monoisotopic (exact) mass is 338 g/mol. The first-order valence-corrected chi connectivity index (χ1v) is 8.19. The molecule has 3 rings (SSSR count). The molecule has 120 valence electrons. The van der Waals surface area contributed by atoms with E-state index in [2.05, 4.69) is 46.8 Å². The van der Waals surface area contributed by atoms with Gasteiger partial charge in [0.1, 0.15) is 0 Å². The number of benzene rings is 1. The summed E-state index contributed by atoms with van der Waals surface area (Å²) in [6.07, 6.45) is 1.90. The molecule has 0 atom stereocenters. The lowest BCUT2D eigenvalue weighted by Crippen LogP contribution is -2.46. The number of nitrogens with two attached hydrogens (primary N) is 1. The van der Waals surface area contributed by atoms with Crippen molar-refractivity contribution in [2.75, 3.05) is 36.8 Å². The van der Waals surface area contributed by atoms with E-state index < -0.39 is 0 Å². The standard InChI is InChI=1S/C16H22N4S.ClH/c1-12-4-3-5-15(13(12)2)20-8-6-19(7-9-20)11-14-10-18-16(17)21-14;/h3-5,10H,6-9,11H2,1-2H3,(H2,17,18);1H. The molecule has 0 saturated carbocycles. The summed E-state index contributed by atoms with van der Waals surface area (Å²) in [5.74, 6) is 0. The topological polar surface area (TPSA) is 45.4 Å². The quantitative estimate of drug-likeness (QED) is 0.934. The molecule has 4 nitrogen and oxygen atoms in total. The molecule has 1 aliphatic rings. The maximum Gasteiger partial charge on any atom is 0.180 e. The highest BCUT2D eigenvalue weighted by molar-refractivity contribution is 7.15. The van der Waals surface area contributed by atoms with Gasteiger partial charge in [0.2, 0.25) is 0 Å². The fourth-order valence-electron chi connectivity index (χ4n) is 2.84. The molecule has 0 unspecified atom stereocenters. The number of thiazole rings is 1. The van der Waals surface area contributed by atoms with Crippen LogP contribution in [-0.4, -0.2) is 36.1 Å². The summed E-state index contributed by atoms with van der Waals surface area (Å²) < 4.78 is 0. The number of hydrogen-bond acceptors (Lipinski definition) is 5. The molecule has 2 N–H and O–H groups in total. The molecule has 2 aromatic rings. The summed E-state index contributed by atoms with van der Waals surface area (Å²) >= 11 is 1.59. The second-order valence-electron chi connectivity index (χ2n) is 5.65. The van der Waals surface area contributed by atoms with Crippen molar-refractivity contribution in [3.05, 3.63) is 40.4 Å². The van der Waals surface area contributed by atoms with E-state index in [1.165, 1.54) is 21.7 Å². The number of nitrogen functional groups attached to an aromatic ring is 1. The Morgan fingerprint density at radius 1 is 1.18 bits per heavy atom. The molecule has 0 bridgehead atoms. The Bertz CT molecular complexity index is 620. The lowest BCUT2D eigenvalue weighted by atomic mass is 10.1. The number of hydrogen-bond donors (Lipinski definition) is 1. The van der Waals surface area contributed by atoms with Gasteiger partial charge >= 0.3 is 0 Å². The average Bonchev–Trinajstić information content (AvgIpc) is 2.88. The molecular formula is C16H23ClN4S. The number of piperazine rings is 1. The van der Waals surface area contributed by atoms with E-state index in [-0.39, 0.29) is 12.4 Å². The number of aryl methyl sites for hydroxylation is 1. The summed E-state index contributed by atoms with van der Waals surface area (Å²) in [6.45, 7) is 9.71. The zero-order valence-corrected chi connectivity index (χ0v) is 14.7. The molecule has 2 heterocycles. The Kier molecular flexibility index (Phi) is 5.67. The normalized spacial score (nSPS) is 15.6. The van der Waals surface area contributed by atoms with Crippen molar-refractivity contribution in [1.29, 1.82) is 0 Å². The largest absolute Gasteiger partial charge is 0.375 e. The molecule has 1 saturated heterocycles. The van der Waals surface area contributed by atoms with Gasteiger partial charge in [-0.05, 0) is 31.0 Å². The number of rotatable bonds is 3. The van der Waals surface area contributed by atoms with Gasteiger partial charge in [0.15, 0.2) is 5.13 Å². The first-order valence-electron chi connectivity index (χ1n) is 7.37. The average molecular weight is 339 g/mol. The smallest absolute Gasteiger partial charge is 0.180 e. The minimum Gasteiger partial charge on any atom is -0.375 e. The van der Waals surface area contributed by atoms with Gasteiger partial charge in [-0.15, -0.1) is 23.7 Å². The van der Waals surface area contributed by atoms with Crippen LogP contribution >= 0.6 is 23.7 Å². The lowest BCUT2D eigenvalue weighted by molar-refractivity contribution is 0.251. The van der Waals surface area contributed by atoms with Crippen LogP contribution in [-0.2, 0) is 6.54 Å². The first kappa shape index (κ1) is 17.1. The summed E-state index contributed by atoms with van der Waals surface area (Å²) in [6, 6.07) is 6.58. The molecule has 0 spiro atoms. The van der Waals surface area contributed by atoms with E-state index >= 15 is 0 Å². The molecule has 0 radical (unpaired) electrons. The third-order valence-electron chi connectivity index (χ3n) is 4.24. The third kappa shape index (κ3) is 3.72. The van der Waals surface area contributed by atoms with Gasteiger partial charge in [-0.2, -0.15) is 0 Å². The van der Waals surface area contributed by atoms with Gasteiger partial charge in [0.25, 0.3) is 0 Å². The predicted molar refractivity (Wildman–Crippen MR) is 97.2 cm³/mol. The van der Waals surface area contributed by atoms with Gasteiger partial charge in [0, 0.05) is 49.5 Å². The second-order valence-corrected chi connectivity index (χ2v) is 6.79. The van der Waals surface area contributed by atoms with E-state index in [0.29, 0.717) is 5.13 Å². The van der Waals surface area contributed by atoms with Crippen LogP contribution < -0.4 is 10.6 Å². The molecular weight excluding hydrogens is 316 g/mol. The van der Waals surface area contributed by atoms with Crippen molar-refractivity contribution in [3.8, 4) is 0 Å². The number of anilines is 2. The van der Waals surface area contributed by atoms with Gasteiger partial charge in [-0.1, -0.05) is 12.1 Å². The molecule has 1 fully saturated rings. The van der Waals surface area contributed by atoms with Crippen LogP contribution in [0.1, 0.15) is 16.0 Å². The zero-order chi connectivity index (χ0) is 14.8. The number of halogens is 1. The van der Waals surface area contributed by atoms with E-state index in [0.717, 1.165) is 32.7 Å². The molecule has 6 heteroatoms. The summed E-state index contributed by atoms with van der Waals surface area (Å²) in [5.41, 5.74) is 9.85. The number of nitrogens with zero attached hydrogens (tertiary/aromatic N) is 3. The highest BCUT2D eigenvalue weighted by Crippen LogP contribution is 2.24. The Morgan fingerprint density at radius 3 is 2.55 bits per heavy atom. The fraction of sp³-hybridized carbons (Fsp3) is 0.438. The van der Waals surface area contributed by atoms with E-state index in [4.69, 9.17) is 5.73 Å². The van der Waals surface area contributed by atoms with E-state index in [1.54, 1.807) is 11.3 Å². The molecule has 22 heavy (non-hydrogen) atoms. The molecule has 0 aliphatic carbocycles. The summed E-state index contributed by atoms with van der Waals surface area (Å²) in [4.78, 5) is 10.4. The van der Waals surface area contributed by atoms with E-state index in [1.807, 2.05) is 6.20 Å². The van der Waals surface area contributed by atoms with Gasteiger partial charge in [-0.3, -0.25) is 4.90 Å². The van der Waals surface area contributed by atoms with Crippen LogP contribution in [0.15, 0.2) is 24.4 Å². The van der Waals surface area contributed by atoms with Crippen molar-refractivity contribution in [2.45, 2.75) is 20.4 Å². The van der Waals surface area contributed by atoms with Crippen LogP contribution in [0.5, 0.6) is 0 Å². The number of aromatic nitrogens is 1. The third-order valence-corrected chi connectivity index (χ3v) is 5.05. The zero-order valence-electron chi connectivity index (χ0n) is 13.1. The van der Waals surface area contributed by atoms with Crippen LogP contribution in [0.4, 0.5) is 10.8 Å². The molecule has 1 aliphatic heterocycles. The Balaban J connectivity index is 0.00000176. The van der Waals surface area contributed by atoms with Crippen LogP contribution in [0.3, 0.4) is 0 Å². The summed E-state index contributed by atoms with van der Waals surface area (Å²) in [5, 5.41) is 0.666. The van der Waals surface area contributed by atoms with Crippen LogP contribution in [0, 0.1) is 13.8 Å². The lowest BCUT2D eigenvalue weighted by Gasteiger charge is -2.36. The Labute approximate surface area is 142 Å². The SMILES string of the molecule is Cc1cccc(N2CCN(Cc3cnc(N)s3)CC2)c1C.Cl. The Hall–Kier alpha value is -1.30. The van der Waals surface area contributed by atoms with Crippen LogP contribution in [0.25, 0.3) is 0 Å².